The number of methoxy groups -OCH3 is 1. The molecule has 1 unspecified atom stereocenters. The largest absolute Gasteiger partial charge is 0.497 e. The molecule has 1 aromatic carbocycles. The fourth-order valence-electron chi connectivity index (χ4n) is 7.17. The Morgan fingerprint density at radius 1 is 1.07 bits per heavy atom. The van der Waals surface area contributed by atoms with E-state index < -0.39 is 0 Å². The number of carbonyl (C=O) groups is 1. The van der Waals surface area contributed by atoms with Crippen molar-refractivity contribution >= 4 is 5.91 Å². The number of amides is 1. The molecule has 1 amide bonds. The van der Waals surface area contributed by atoms with Gasteiger partial charge in [0.15, 0.2) is 0 Å². The summed E-state index contributed by atoms with van der Waals surface area (Å²) in [5.74, 6) is 4.32. The van der Waals surface area contributed by atoms with Gasteiger partial charge in [-0.3, -0.25) is 9.69 Å². The quantitative estimate of drug-likeness (QED) is 0.854. The molecule has 4 heterocycles. The lowest BCUT2D eigenvalue weighted by Gasteiger charge is -2.55. The molecule has 29 heavy (non-hydrogen) atoms. The van der Waals surface area contributed by atoms with Gasteiger partial charge in [0.05, 0.1) is 7.11 Å². The Balaban J connectivity index is 1.18. The molecule has 6 rings (SSSR count). The Kier molecular flexibility index (Phi) is 4.38. The van der Waals surface area contributed by atoms with Gasteiger partial charge >= 0.3 is 0 Å². The Bertz CT molecular complexity index is 771. The maximum Gasteiger partial charge on any atom is 0.226 e. The van der Waals surface area contributed by atoms with Crippen LogP contribution >= 0.6 is 0 Å². The Labute approximate surface area is 173 Å². The third kappa shape index (κ3) is 3.00. The van der Waals surface area contributed by atoms with E-state index in [1.54, 1.807) is 7.11 Å². The van der Waals surface area contributed by atoms with Crippen molar-refractivity contribution in [1.82, 2.24) is 15.1 Å². The summed E-state index contributed by atoms with van der Waals surface area (Å²) in [6, 6.07) is 9.89. The minimum Gasteiger partial charge on any atom is -0.497 e. The van der Waals surface area contributed by atoms with E-state index in [0.717, 1.165) is 38.5 Å². The minimum absolute atomic E-state index is 0.338. The number of fused-ring (bicyclic) bond motifs is 5. The average Bonchev–Trinajstić information content (AvgIpc) is 3.23. The van der Waals surface area contributed by atoms with E-state index in [2.05, 4.69) is 39.4 Å². The van der Waals surface area contributed by atoms with Crippen LogP contribution in [-0.2, 0) is 4.79 Å². The molecule has 5 nitrogen and oxygen atoms in total. The first kappa shape index (κ1) is 18.2. The monoisotopic (exact) mass is 395 g/mol. The third-order valence-corrected chi connectivity index (χ3v) is 8.58. The SMILES string of the molecule is COc1ccc([C@H]2CCC[C@H]3[C@@H]4C[C@@H](CN(C(=O)C5[C@H]6CNC[C@@H]56)C4)CN23)cc1. The molecule has 2 bridgehead atoms. The van der Waals surface area contributed by atoms with Gasteiger partial charge in [-0.1, -0.05) is 12.1 Å². The van der Waals surface area contributed by atoms with Gasteiger partial charge in [0.25, 0.3) is 0 Å². The van der Waals surface area contributed by atoms with Crippen molar-refractivity contribution in [1.29, 1.82) is 0 Å². The number of hydrogen-bond acceptors (Lipinski definition) is 4. The van der Waals surface area contributed by atoms with Crippen LogP contribution < -0.4 is 10.1 Å². The van der Waals surface area contributed by atoms with Gasteiger partial charge in [-0.05, 0) is 80.1 Å². The van der Waals surface area contributed by atoms with Gasteiger partial charge in [-0.25, -0.2) is 0 Å². The van der Waals surface area contributed by atoms with Crippen LogP contribution in [0.15, 0.2) is 24.3 Å². The van der Waals surface area contributed by atoms with Crippen LogP contribution in [0.25, 0.3) is 0 Å². The van der Waals surface area contributed by atoms with E-state index in [1.807, 2.05) is 0 Å². The van der Waals surface area contributed by atoms with Gasteiger partial charge in [-0.2, -0.15) is 0 Å². The van der Waals surface area contributed by atoms with Crippen molar-refractivity contribution in [3.63, 3.8) is 0 Å². The second-order valence-electron chi connectivity index (χ2n) is 10.1. The molecule has 7 atom stereocenters. The topological polar surface area (TPSA) is 44.8 Å². The molecular formula is C24H33N3O2. The smallest absolute Gasteiger partial charge is 0.226 e. The lowest BCUT2D eigenvalue weighted by molar-refractivity contribution is -0.141. The number of nitrogens with zero attached hydrogens (tertiary/aromatic N) is 2. The standard InChI is InChI=1S/C24H33N3O2/c1-29-18-7-5-16(6-8-18)21-3-2-4-22-17-9-15(13-27(21)22)12-26(14-17)24(28)23-19-10-25-11-20(19)23/h5-8,15,17,19-23,25H,2-4,9-14H2,1H3/t15-,17+,19-,20+,21+,22-,23?/m0/s1. The molecule has 0 spiro atoms. The molecule has 5 fully saturated rings. The second-order valence-corrected chi connectivity index (χ2v) is 10.1. The number of carbonyl (C=O) groups excluding carboxylic acids is 1. The summed E-state index contributed by atoms with van der Waals surface area (Å²) in [7, 11) is 1.73. The predicted octanol–water partition coefficient (Wildman–Crippen LogP) is 2.53. The molecule has 1 N–H and O–H groups in total. The number of likely N-dealkylation sites (tertiary alicyclic amines) is 1. The van der Waals surface area contributed by atoms with Gasteiger partial charge in [-0.15, -0.1) is 0 Å². The summed E-state index contributed by atoms with van der Waals surface area (Å²) in [6.07, 6.45) is 5.17. The van der Waals surface area contributed by atoms with E-state index in [4.69, 9.17) is 4.74 Å². The highest BCUT2D eigenvalue weighted by atomic mass is 16.5. The summed E-state index contributed by atoms with van der Waals surface area (Å²) in [6.45, 7) is 5.25. The summed E-state index contributed by atoms with van der Waals surface area (Å²) in [5, 5.41) is 3.43. The van der Waals surface area contributed by atoms with E-state index in [-0.39, 0.29) is 0 Å². The number of rotatable bonds is 3. The molecule has 1 aliphatic carbocycles. The number of benzene rings is 1. The van der Waals surface area contributed by atoms with Gasteiger partial charge < -0.3 is 15.0 Å². The van der Waals surface area contributed by atoms with Crippen LogP contribution in [0.2, 0.25) is 0 Å². The highest BCUT2D eigenvalue weighted by Gasteiger charge is 2.58. The van der Waals surface area contributed by atoms with Crippen molar-refractivity contribution < 1.29 is 9.53 Å². The van der Waals surface area contributed by atoms with Crippen LogP contribution in [0.3, 0.4) is 0 Å². The molecule has 5 aliphatic rings. The molecule has 5 heteroatoms. The number of piperidine rings is 4. The van der Waals surface area contributed by atoms with Crippen LogP contribution in [-0.4, -0.2) is 61.6 Å². The Morgan fingerprint density at radius 2 is 1.86 bits per heavy atom. The maximum absolute atomic E-state index is 13.2. The number of nitrogens with one attached hydrogen (secondary N) is 1. The average molecular weight is 396 g/mol. The Morgan fingerprint density at radius 3 is 2.62 bits per heavy atom. The van der Waals surface area contributed by atoms with Gasteiger partial charge in [0.1, 0.15) is 5.75 Å². The van der Waals surface area contributed by atoms with E-state index in [9.17, 15) is 4.79 Å². The lowest BCUT2D eigenvalue weighted by atomic mass is 9.73. The van der Waals surface area contributed by atoms with Crippen LogP contribution in [0, 0.1) is 29.6 Å². The van der Waals surface area contributed by atoms with E-state index in [0.29, 0.717) is 47.6 Å². The van der Waals surface area contributed by atoms with Crippen LogP contribution in [0.4, 0.5) is 0 Å². The lowest BCUT2D eigenvalue weighted by Crippen LogP contribution is -2.60. The molecule has 156 valence electrons. The van der Waals surface area contributed by atoms with Crippen LogP contribution in [0.1, 0.15) is 37.3 Å². The summed E-state index contributed by atoms with van der Waals surface area (Å²) in [5.41, 5.74) is 1.43. The molecule has 0 radical (unpaired) electrons. The predicted molar refractivity (Wildman–Crippen MR) is 112 cm³/mol. The molecular weight excluding hydrogens is 362 g/mol. The second kappa shape index (κ2) is 6.98. The molecule has 1 aromatic rings. The summed E-state index contributed by atoms with van der Waals surface area (Å²) >= 11 is 0. The van der Waals surface area contributed by atoms with Gasteiger partial charge in [0, 0.05) is 37.6 Å². The fraction of sp³-hybridized carbons (Fsp3) is 0.708. The molecule has 0 aromatic heterocycles. The van der Waals surface area contributed by atoms with Crippen molar-refractivity contribution in [2.75, 3.05) is 39.8 Å². The van der Waals surface area contributed by atoms with Crippen molar-refractivity contribution in [3.05, 3.63) is 29.8 Å². The Hall–Kier alpha value is -1.59. The zero-order chi connectivity index (χ0) is 19.5. The maximum atomic E-state index is 13.2. The molecule has 4 aliphatic heterocycles. The molecule has 4 saturated heterocycles. The van der Waals surface area contributed by atoms with Crippen molar-refractivity contribution in [3.8, 4) is 5.75 Å². The normalized spacial score (nSPS) is 40.9. The molecule has 1 saturated carbocycles. The first-order valence-electron chi connectivity index (χ1n) is 11.6. The first-order valence-corrected chi connectivity index (χ1v) is 11.6. The van der Waals surface area contributed by atoms with E-state index in [1.165, 1.54) is 31.2 Å². The summed E-state index contributed by atoms with van der Waals surface area (Å²) < 4.78 is 5.35. The minimum atomic E-state index is 0.338. The van der Waals surface area contributed by atoms with Crippen molar-refractivity contribution in [2.45, 2.75) is 37.8 Å². The highest BCUT2D eigenvalue weighted by molar-refractivity contribution is 5.83. The van der Waals surface area contributed by atoms with Gasteiger partial charge in [0.2, 0.25) is 5.91 Å². The number of hydrogen-bond donors (Lipinski definition) is 1. The zero-order valence-electron chi connectivity index (χ0n) is 17.4. The first-order chi connectivity index (χ1) is 14.2. The zero-order valence-corrected chi connectivity index (χ0v) is 17.4. The highest BCUT2D eigenvalue weighted by Crippen LogP contribution is 2.51. The fourth-order valence-corrected chi connectivity index (χ4v) is 7.17. The third-order valence-electron chi connectivity index (χ3n) is 8.58. The summed E-state index contributed by atoms with van der Waals surface area (Å²) in [4.78, 5) is 18.3. The van der Waals surface area contributed by atoms with Crippen molar-refractivity contribution in [2.24, 2.45) is 29.6 Å². The van der Waals surface area contributed by atoms with E-state index >= 15 is 0 Å². The van der Waals surface area contributed by atoms with Crippen LogP contribution in [0.5, 0.6) is 5.75 Å². The number of ether oxygens (including phenoxy) is 1.